The average molecular weight is 274 g/mol. The van der Waals surface area contributed by atoms with Crippen LogP contribution in [0, 0.1) is 17.3 Å². The summed E-state index contributed by atoms with van der Waals surface area (Å²) in [6.45, 7) is 9.12. The van der Waals surface area contributed by atoms with Gasteiger partial charge in [0.15, 0.2) is 0 Å². The molecule has 1 aromatic carbocycles. The highest BCUT2D eigenvalue weighted by Gasteiger charge is 2.37. The Morgan fingerprint density at radius 3 is 2.65 bits per heavy atom. The topological polar surface area (TPSA) is 20.2 Å². The minimum Gasteiger partial charge on any atom is -0.388 e. The van der Waals surface area contributed by atoms with Crippen LogP contribution in [0.3, 0.4) is 0 Å². The van der Waals surface area contributed by atoms with Crippen LogP contribution in [-0.4, -0.2) is 5.11 Å². The van der Waals surface area contributed by atoms with Crippen molar-refractivity contribution in [1.29, 1.82) is 0 Å². The van der Waals surface area contributed by atoms with E-state index in [1.54, 1.807) is 0 Å². The molecule has 0 spiro atoms. The predicted molar refractivity (Wildman–Crippen MR) is 85.7 cm³/mol. The summed E-state index contributed by atoms with van der Waals surface area (Å²) < 4.78 is 0. The molecular formula is C19H30O. The van der Waals surface area contributed by atoms with E-state index < -0.39 is 0 Å². The first kappa shape index (κ1) is 15.6. The smallest absolute Gasteiger partial charge is 0.0823 e. The Bertz CT molecular complexity index is 433. The lowest BCUT2D eigenvalue weighted by Crippen LogP contribution is -2.32. The first-order chi connectivity index (χ1) is 9.40. The number of hydrogen-bond acceptors (Lipinski definition) is 1. The molecule has 0 saturated heterocycles. The molecule has 0 amide bonds. The van der Waals surface area contributed by atoms with Gasteiger partial charge >= 0.3 is 0 Å². The third kappa shape index (κ3) is 3.63. The maximum atomic E-state index is 10.8. The molecule has 1 nitrogen and oxygen atoms in total. The number of aliphatic hydroxyl groups is 1. The Hall–Kier alpha value is -0.820. The second-order valence-electron chi connectivity index (χ2n) is 7.63. The second kappa shape index (κ2) is 6.30. The Balaban J connectivity index is 2.17. The van der Waals surface area contributed by atoms with E-state index in [4.69, 9.17) is 0 Å². The first-order valence-electron chi connectivity index (χ1n) is 8.17. The van der Waals surface area contributed by atoms with Crippen molar-refractivity contribution in [1.82, 2.24) is 0 Å². The molecule has 0 radical (unpaired) electrons. The molecule has 1 saturated carbocycles. The van der Waals surface area contributed by atoms with Gasteiger partial charge in [-0.15, -0.1) is 0 Å². The van der Waals surface area contributed by atoms with Gasteiger partial charge in [0.05, 0.1) is 6.10 Å². The molecule has 1 fully saturated rings. The maximum absolute atomic E-state index is 10.8. The SMILES string of the molecule is CC(C)Cc1cccc(C(O)C2CCCCC2(C)C)c1. The van der Waals surface area contributed by atoms with E-state index in [1.807, 2.05) is 0 Å². The van der Waals surface area contributed by atoms with Gasteiger partial charge in [-0.1, -0.05) is 64.8 Å². The molecule has 0 aromatic heterocycles. The van der Waals surface area contributed by atoms with E-state index in [-0.39, 0.29) is 11.5 Å². The highest BCUT2D eigenvalue weighted by molar-refractivity contribution is 5.26. The van der Waals surface area contributed by atoms with Gasteiger partial charge in [0.2, 0.25) is 0 Å². The number of benzene rings is 1. The monoisotopic (exact) mass is 274 g/mol. The molecule has 0 aliphatic heterocycles. The van der Waals surface area contributed by atoms with Crippen LogP contribution in [0.25, 0.3) is 0 Å². The zero-order valence-electron chi connectivity index (χ0n) is 13.5. The Morgan fingerprint density at radius 2 is 2.00 bits per heavy atom. The van der Waals surface area contributed by atoms with Crippen molar-refractivity contribution in [3.05, 3.63) is 35.4 Å². The van der Waals surface area contributed by atoms with Crippen LogP contribution in [0.5, 0.6) is 0 Å². The Labute approximate surface area is 124 Å². The van der Waals surface area contributed by atoms with E-state index in [1.165, 1.54) is 24.8 Å². The normalized spacial score (nSPS) is 23.8. The minimum absolute atomic E-state index is 0.256. The van der Waals surface area contributed by atoms with Crippen LogP contribution in [0.2, 0.25) is 0 Å². The molecule has 0 heterocycles. The van der Waals surface area contributed by atoms with E-state index in [2.05, 4.69) is 52.0 Å². The van der Waals surface area contributed by atoms with Crippen LogP contribution in [0.4, 0.5) is 0 Å². The number of aliphatic hydroxyl groups excluding tert-OH is 1. The maximum Gasteiger partial charge on any atom is 0.0823 e. The fourth-order valence-corrected chi connectivity index (χ4v) is 3.71. The van der Waals surface area contributed by atoms with Crippen molar-refractivity contribution in [3.8, 4) is 0 Å². The summed E-state index contributed by atoms with van der Waals surface area (Å²) >= 11 is 0. The number of rotatable bonds is 4. The van der Waals surface area contributed by atoms with Crippen LogP contribution in [-0.2, 0) is 6.42 Å². The zero-order chi connectivity index (χ0) is 14.8. The summed E-state index contributed by atoms with van der Waals surface area (Å²) in [5.41, 5.74) is 2.72. The minimum atomic E-state index is -0.308. The van der Waals surface area contributed by atoms with Crippen LogP contribution in [0.15, 0.2) is 24.3 Å². The summed E-state index contributed by atoms with van der Waals surface area (Å²) in [5.74, 6) is 1.05. The first-order valence-corrected chi connectivity index (χ1v) is 8.17. The summed E-state index contributed by atoms with van der Waals surface area (Å²) in [6.07, 6.45) is 5.75. The van der Waals surface area contributed by atoms with Gasteiger partial charge in [0, 0.05) is 0 Å². The molecule has 1 heteroatoms. The van der Waals surface area contributed by atoms with Crippen LogP contribution < -0.4 is 0 Å². The highest BCUT2D eigenvalue weighted by Crippen LogP contribution is 2.46. The van der Waals surface area contributed by atoms with Crippen molar-refractivity contribution in [3.63, 3.8) is 0 Å². The molecule has 0 bridgehead atoms. The summed E-state index contributed by atoms with van der Waals surface area (Å²) in [5, 5.41) is 10.8. The standard InChI is InChI=1S/C19H30O/c1-14(2)12-15-8-7-9-16(13-15)18(20)17-10-5-6-11-19(17,3)4/h7-9,13-14,17-18,20H,5-6,10-12H2,1-4H3. The third-order valence-electron chi connectivity index (χ3n) is 4.91. The molecule has 2 atom stereocenters. The van der Waals surface area contributed by atoms with Crippen molar-refractivity contribution in [2.75, 3.05) is 0 Å². The van der Waals surface area contributed by atoms with E-state index in [0.717, 1.165) is 18.4 Å². The van der Waals surface area contributed by atoms with Crippen molar-refractivity contribution >= 4 is 0 Å². The van der Waals surface area contributed by atoms with E-state index in [9.17, 15) is 5.11 Å². The second-order valence-corrected chi connectivity index (χ2v) is 7.63. The largest absolute Gasteiger partial charge is 0.388 e. The highest BCUT2D eigenvalue weighted by atomic mass is 16.3. The van der Waals surface area contributed by atoms with Gasteiger partial charge < -0.3 is 5.11 Å². The van der Waals surface area contributed by atoms with E-state index in [0.29, 0.717) is 11.8 Å². The third-order valence-corrected chi connectivity index (χ3v) is 4.91. The van der Waals surface area contributed by atoms with Gasteiger partial charge in [0.1, 0.15) is 0 Å². The van der Waals surface area contributed by atoms with Gasteiger partial charge in [-0.25, -0.2) is 0 Å². The molecule has 2 unspecified atom stereocenters. The molecule has 1 aromatic rings. The quantitative estimate of drug-likeness (QED) is 0.806. The van der Waals surface area contributed by atoms with Gasteiger partial charge in [-0.2, -0.15) is 0 Å². The predicted octanol–water partition coefficient (Wildman–Crippen LogP) is 5.13. The van der Waals surface area contributed by atoms with E-state index >= 15 is 0 Å². The van der Waals surface area contributed by atoms with Crippen molar-refractivity contribution in [2.24, 2.45) is 17.3 Å². The van der Waals surface area contributed by atoms with Crippen LogP contribution >= 0.6 is 0 Å². The van der Waals surface area contributed by atoms with Crippen molar-refractivity contribution in [2.45, 2.75) is 65.9 Å². The fourth-order valence-electron chi connectivity index (χ4n) is 3.71. The van der Waals surface area contributed by atoms with Gasteiger partial charge in [0.25, 0.3) is 0 Å². The summed E-state index contributed by atoms with van der Waals surface area (Å²) in [7, 11) is 0. The molecule has 1 aliphatic carbocycles. The lowest BCUT2D eigenvalue weighted by Gasteiger charge is -2.41. The van der Waals surface area contributed by atoms with Gasteiger partial charge in [-0.05, 0) is 47.6 Å². The van der Waals surface area contributed by atoms with Crippen molar-refractivity contribution < 1.29 is 5.11 Å². The average Bonchev–Trinajstić information content (AvgIpc) is 2.37. The molecule has 112 valence electrons. The zero-order valence-corrected chi connectivity index (χ0v) is 13.5. The molecule has 1 N–H and O–H groups in total. The Morgan fingerprint density at radius 1 is 1.25 bits per heavy atom. The molecular weight excluding hydrogens is 244 g/mol. The lowest BCUT2D eigenvalue weighted by molar-refractivity contribution is 0.00381. The molecule has 20 heavy (non-hydrogen) atoms. The number of hydrogen-bond donors (Lipinski definition) is 1. The lowest BCUT2D eigenvalue weighted by atomic mass is 9.65. The molecule has 1 aliphatic rings. The fraction of sp³-hybridized carbons (Fsp3) is 0.684. The Kier molecular flexibility index (Phi) is 4.90. The molecule has 2 rings (SSSR count). The van der Waals surface area contributed by atoms with Crippen LogP contribution in [0.1, 0.15) is 70.6 Å². The van der Waals surface area contributed by atoms with Gasteiger partial charge in [-0.3, -0.25) is 0 Å². The summed E-state index contributed by atoms with van der Waals surface area (Å²) in [6, 6.07) is 8.60. The summed E-state index contributed by atoms with van der Waals surface area (Å²) in [4.78, 5) is 0.